The molecule has 1 saturated carbocycles. The summed E-state index contributed by atoms with van der Waals surface area (Å²) in [5.74, 6) is 2.99. The summed E-state index contributed by atoms with van der Waals surface area (Å²) in [4.78, 5) is 11.1. The lowest BCUT2D eigenvalue weighted by Crippen LogP contribution is -2.42. The van der Waals surface area contributed by atoms with Crippen LogP contribution in [0, 0.1) is 11.3 Å². The lowest BCUT2D eigenvalue weighted by atomic mass is 9.81. The number of ether oxygens (including phenoxy) is 2. The van der Waals surface area contributed by atoms with Crippen LogP contribution in [0.2, 0.25) is 0 Å². The van der Waals surface area contributed by atoms with Gasteiger partial charge in [-0.1, -0.05) is 0 Å². The molecule has 2 aliphatic rings. The van der Waals surface area contributed by atoms with Gasteiger partial charge < -0.3 is 20.1 Å². The van der Waals surface area contributed by atoms with Gasteiger partial charge in [-0.25, -0.2) is 0 Å². The van der Waals surface area contributed by atoms with Gasteiger partial charge in [0.25, 0.3) is 0 Å². The Kier molecular flexibility index (Phi) is 5.51. The molecule has 0 radical (unpaired) electrons. The second-order valence-electron chi connectivity index (χ2n) is 7.26. The molecule has 0 unspecified atom stereocenters. The minimum atomic E-state index is 0.423. The Hall–Kier alpha value is -2.08. The van der Waals surface area contributed by atoms with Crippen LogP contribution in [0.1, 0.15) is 31.2 Å². The molecule has 1 heterocycles. The molecule has 6 heteroatoms. The highest BCUT2D eigenvalue weighted by Gasteiger charge is 2.48. The van der Waals surface area contributed by atoms with Gasteiger partial charge in [0.2, 0.25) is 0 Å². The van der Waals surface area contributed by atoms with Gasteiger partial charge in [0.1, 0.15) is 5.84 Å². The van der Waals surface area contributed by atoms with Crippen molar-refractivity contribution in [3.05, 3.63) is 17.7 Å². The third-order valence-corrected chi connectivity index (χ3v) is 6.08. The van der Waals surface area contributed by atoms with E-state index in [1.54, 1.807) is 14.2 Å². The molecular weight excluding hydrogens is 328 g/mol. The molecule has 26 heavy (non-hydrogen) atoms. The van der Waals surface area contributed by atoms with E-state index in [1.807, 2.05) is 19.2 Å². The maximum absolute atomic E-state index is 6.03. The summed E-state index contributed by atoms with van der Waals surface area (Å²) in [6.07, 6.45) is 4.92. The molecule has 1 aliphatic carbocycles. The highest BCUT2D eigenvalue weighted by molar-refractivity contribution is 6.04. The average Bonchev–Trinajstić information content (AvgIpc) is 3.50. The van der Waals surface area contributed by atoms with Crippen molar-refractivity contribution in [1.82, 2.24) is 4.90 Å². The summed E-state index contributed by atoms with van der Waals surface area (Å²) < 4.78 is 10.9. The Morgan fingerprint density at radius 1 is 1.23 bits per heavy atom. The molecule has 0 amide bonds. The third-order valence-electron chi connectivity index (χ3n) is 6.08. The first-order valence-electron chi connectivity index (χ1n) is 9.27. The summed E-state index contributed by atoms with van der Waals surface area (Å²) in [6.45, 7) is 6.52. The van der Waals surface area contributed by atoms with Crippen LogP contribution in [0.15, 0.2) is 22.1 Å². The number of piperidine rings is 1. The number of rotatable bonds is 6. The Labute approximate surface area is 156 Å². The Balaban J connectivity index is 1.82. The zero-order chi connectivity index (χ0) is 18.7. The first-order chi connectivity index (χ1) is 12.6. The van der Waals surface area contributed by atoms with Crippen LogP contribution in [0.3, 0.4) is 0 Å². The molecule has 3 rings (SSSR count). The lowest BCUT2D eigenvalue weighted by Gasteiger charge is -2.38. The Morgan fingerprint density at radius 2 is 1.85 bits per heavy atom. The van der Waals surface area contributed by atoms with E-state index in [-0.39, 0.29) is 0 Å². The SMILES string of the molecule is C=Nc1cc(OC)c(OC)cc1/C(=N\C)N1CCC(C2(CN)CC2)CC1. The highest BCUT2D eigenvalue weighted by atomic mass is 16.5. The van der Waals surface area contributed by atoms with Gasteiger partial charge in [-0.05, 0) is 56.3 Å². The van der Waals surface area contributed by atoms with Gasteiger partial charge in [0.05, 0.1) is 19.9 Å². The van der Waals surface area contributed by atoms with E-state index in [0.29, 0.717) is 16.9 Å². The second kappa shape index (κ2) is 7.66. The number of hydrogen-bond donors (Lipinski definition) is 1. The number of nitrogens with two attached hydrogens (primary N) is 1. The molecule has 2 N–H and O–H groups in total. The number of likely N-dealkylation sites (tertiary alicyclic amines) is 1. The van der Waals surface area contributed by atoms with E-state index in [1.165, 1.54) is 25.7 Å². The Morgan fingerprint density at radius 3 is 2.31 bits per heavy atom. The second-order valence-corrected chi connectivity index (χ2v) is 7.26. The molecule has 142 valence electrons. The first-order valence-corrected chi connectivity index (χ1v) is 9.27. The van der Waals surface area contributed by atoms with Crippen molar-refractivity contribution < 1.29 is 9.47 Å². The molecular formula is C20H30N4O2. The molecule has 1 aromatic rings. The molecule has 0 bridgehead atoms. The summed E-state index contributed by atoms with van der Waals surface area (Å²) in [5, 5.41) is 0. The van der Waals surface area contributed by atoms with E-state index in [4.69, 9.17) is 15.2 Å². The van der Waals surface area contributed by atoms with Crippen LogP contribution in [-0.2, 0) is 0 Å². The third kappa shape index (κ3) is 3.30. The quantitative estimate of drug-likeness (QED) is 0.627. The minimum Gasteiger partial charge on any atom is -0.493 e. The highest BCUT2D eigenvalue weighted by Crippen LogP contribution is 2.54. The van der Waals surface area contributed by atoms with Gasteiger partial charge in [-0.3, -0.25) is 9.98 Å². The zero-order valence-electron chi connectivity index (χ0n) is 16.1. The smallest absolute Gasteiger partial charge is 0.162 e. The van der Waals surface area contributed by atoms with Crippen LogP contribution < -0.4 is 15.2 Å². The van der Waals surface area contributed by atoms with Crippen LogP contribution in [0.4, 0.5) is 5.69 Å². The summed E-state index contributed by atoms with van der Waals surface area (Å²) in [6, 6.07) is 3.80. The summed E-state index contributed by atoms with van der Waals surface area (Å²) in [7, 11) is 5.08. The van der Waals surface area contributed by atoms with Crippen molar-refractivity contribution in [3.63, 3.8) is 0 Å². The van der Waals surface area contributed by atoms with Crippen LogP contribution in [0.25, 0.3) is 0 Å². The molecule has 0 spiro atoms. The topological polar surface area (TPSA) is 72.4 Å². The van der Waals surface area contributed by atoms with Gasteiger partial charge in [0, 0.05) is 31.8 Å². The van der Waals surface area contributed by atoms with Gasteiger partial charge >= 0.3 is 0 Å². The van der Waals surface area contributed by atoms with E-state index >= 15 is 0 Å². The standard InChI is InChI=1S/C20H30N4O2/c1-22-16-12-18(26-4)17(25-3)11-15(16)19(23-2)24-9-5-14(6-10-24)20(13-21)7-8-20/h11-12,14H,1,5-10,13,21H2,2-4H3/b23-19+. The van der Waals surface area contributed by atoms with Crippen molar-refractivity contribution in [3.8, 4) is 11.5 Å². The number of hydrogen-bond acceptors (Lipinski definition) is 5. The molecule has 0 atom stereocenters. The fraction of sp³-hybridized carbons (Fsp3) is 0.600. The normalized spacial score (nSPS) is 20.0. The largest absolute Gasteiger partial charge is 0.493 e. The van der Waals surface area contributed by atoms with Crippen molar-refractivity contribution in [1.29, 1.82) is 0 Å². The molecule has 1 aromatic carbocycles. The number of amidine groups is 1. The van der Waals surface area contributed by atoms with E-state index in [0.717, 1.165) is 42.6 Å². The number of methoxy groups -OCH3 is 2. The Bertz CT molecular complexity index is 689. The predicted octanol–water partition coefficient (Wildman–Crippen LogP) is 2.86. The minimum absolute atomic E-state index is 0.423. The van der Waals surface area contributed by atoms with Crippen LogP contribution >= 0.6 is 0 Å². The van der Waals surface area contributed by atoms with Crippen LogP contribution in [0.5, 0.6) is 11.5 Å². The molecule has 2 fully saturated rings. The molecule has 6 nitrogen and oxygen atoms in total. The average molecular weight is 358 g/mol. The van der Waals surface area contributed by atoms with Gasteiger partial charge in [-0.2, -0.15) is 0 Å². The van der Waals surface area contributed by atoms with E-state index < -0.39 is 0 Å². The molecule has 1 saturated heterocycles. The maximum Gasteiger partial charge on any atom is 0.162 e. The van der Waals surface area contributed by atoms with E-state index in [9.17, 15) is 0 Å². The number of aliphatic imine (C=N–C) groups is 2. The number of nitrogens with zero attached hydrogens (tertiary/aromatic N) is 3. The fourth-order valence-electron chi connectivity index (χ4n) is 4.25. The van der Waals surface area contributed by atoms with Crippen molar-refractivity contribution in [2.45, 2.75) is 25.7 Å². The van der Waals surface area contributed by atoms with Crippen molar-refractivity contribution in [2.24, 2.45) is 27.1 Å². The van der Waals surface area contributed by atoms with Crippen molar-refractivity contribution in [2.75, 3.05) is 40.9 Å². The fourth-order valence-corrected chi connectivity index (χ4v) is 4.25. The first kappa shape index (κ1) is 18.7. The van der Waals surface area contributed by atoms with Gasteiger partial charge in [0.15, 0.2) is 11.5 Å². The lowest BCUT2D eigenvalue weighted by molar-refractivity contribution is 0.189. The van der Waals surface area contributed by atoms with E-state index in [2.05, 4.69) is 21.6 Å². The molecule has 0 aromatic heterocycles. The maximum atomic E-state index is 6.03. The zero-order valence-corrected chi connectivity index (χ0v) is 16.1. The monoisotopic (exact) mass is 358 g/mol. The van der Waals surface area contributed by atoms with Crippen molar-refractivity contribution >= 4 is 18.2 Å². The van der Waals surface area contributed by atoms with Crippen LogP contribution in [-0.4, -0.2) is 58.4 Å². The molecule has 1 aliphatic heterocycles. The van der Waals surface area contributed by atoms with Gasteiger partial charge in [-0.15, -0.1) is 0 Å². The summed E-state index contributed by atoms with van der Waals surface area (Å²) in [5.41, 5.74) is 8.13. The number of benzene rings is 1. The summed E-state index contributed by atoms with van der Waals surface area (Å²) >= 11 is 0. The predicted molar refractivity (Wildman–Crippen MR) is 106 cm³/mol.